The Labute approximate surface area is 105 Å². The third-order valence-corrected chi connectivity index (χ3v) is 2.39. The van der Waals surface area contributed by atoms with Crippen molar-refractivity contribution in [3.05, 3.63) is 29.6 Å². The molecule has 0 aliphatic rings. The predicted octanol–water partition coefficient (Wildman–Crippen LogP) is 0.968. The van der Waals surface area contributed by atoms with Crippen LogP contribution in [0.15, 0.2) is 18.2 Å². The van der Waals surface area contributed by atoms with Crippen molar-refractivity contribution >= 4 is 6.03 Å². The number of hydrogen-bond donors (Lipinski definition) is 2. The standard InChI is InChI=1S/C12H17FN2O3/c1-15(3-4-16)12(17)14-8-9-5-10(13)7-11(6-9)18-2/h5-7,16H,3-4,8H2,1-2H3,(H,14,17). The molecule has 0 saturated carbocycles. The van der Waals surface area contributed by atoms with E-state index >= 15 is 0 Å². The average molecular weight is 256 g/mol. The summed E-state index contributed by atoms with van der Waals surface area (Å²) in [6.07, 6.45) is 0. The van der Waals surface area contributed by atoms with Crippen LogP contribution in [0.2, 0.25) is 0 Å². The lowest BCUT2D eigenvalue weighted by molar-refractivity contribution is 0.190. The van der Waals surface area contributed by atoms with Crippen LogP contribution in [0.1, 0.15) is 5.56 Å². The number of urea groups is 1. The molecule has 0 aliphatic heterocycles. The summed E-state index contributed by atoms with van der Waals surface area (Å²) in [6.45, 7) is 0.346. The van der Waals surface area contributed by atoms with Gasteiger partial charge < -0.3 is 20.1 Å². The summed E-state index contributed by atoms with van der Waals surface area (Å²) in [5, 5.41) is 11.3. The van der Waals surface area contributed by atoms with Crippen LogP contribution in [0.25, 0.3) is 0 Å². The van der Waals surface area contributed by atoms with Gasteiger partial charge in [0.15, 0.2) is 0 Å². The molecule has 0 unspecified atom stereocenters. The lowest BCUT2D eigenvalue weighted by Gasteiger charge is -2.16. The van der Waals surface area contributed by atoms with Crippen LogP contribution in [0.4, 0.5) is 9.18 Å². The number of benzene rings is 1. The fourth-order valence-corrected chi connectivity index (χ4v) is 1.40. The van der Waals surface area contributed by atoms with E-state index in [0.717, 1.165) is 0 Å². The van der Waals surface area contributed by atoms with Crippen molar-refractivity contribution in [3.8, 4) is 5.75 Å². The minimum absolute atomic E-state index is 0.0995. The molecule has 0 aromatic heterocycles. The van der Waals surface area contributed by atoms with Crippen LogP contribution in [0.5, 0.6) is 5.75 Å². The van der Waals surface area contributed by atoms with Gasteiger partial charge in [-0.25, -0.2) is 9.18 Å². The third-order valence-electron chi connectivity index (χ3n) is 2.39. The number of nitrogens with zero attached hydrogens (tertiary/aromatic N) is 1. The molecule has 1 aromatic rings. The molecule has 2 amide bonds. The molecule has 5 nitrogen and oxygen atoms in total. The molecule has 1 rings (SSSR count). The van der Waals surface area contributed by atoms with Crippen LogP contribution >= 0.6 is 0 Å². The van der Waals surface area contributed by atoms with Crippen LogP contribution in [0, 0.1) is 5.82 Å². The monoisotopic (exact) mass is 256 g/mol. The summed E-state index contributed by atoms with van der Waals surface area (Å²) < 4.78 is 18.1. The number of carbonyl (C=O) groups is 1. The quantitative estimate of drug-likeness (QED) is 0.825. The second-order valence-corrected chi connectivity index (χ2v) is 3.80. The molecule has 0 atom stereocenters. The zero-order valence-electron chi connectivity index (χ0n) is 10.4. The number of carbonyl (C=O) groups excluding carboxylic acids is 1. The van der Waals surface area contributed by atoms with Gasteiger partial charge in [-0.2, -0.15) is 0 Å². The van der Waals surface area contributed by atoms with Crippen molar-refractivity contribution in [2.75, 3.05) is 27.3 Å². The van der Waals surface area contributed by atoms with Crippen LogP contribution in [-0.2, 0) is 6.54 Å². The van der Waals surface area contributed by atoms with E-state index in [1.807, 2.05) is 0 Å². The first-order valence-corrected chi connectivity index (χ1v) is 5.50. The number of aliphatic hydroxyl groups is 1. The van der Waals surface area contributed by atoms with Crippen molar-refractivity contribution < 1.29 is 19.0 Å². The summed E-state index contributed by atoms with van der Waals surface area (Å²) >= 11 is 0. The Bertz CT molecular complexity index is 412. The van der Waals surface area contributed by atoms with Crippen LogP contribution in [-0.4, -0.2) is 43.3 Å². The van der Waals surface area contributed by atoms with E-state index in [1.165, 1.54) is 24.1 Å². The zero-order chi connectivity index (χ0) is 13.5. The predicted molar refractivity (Wildman–Crippen MR) is 64.9 cm³/mol. The molecule has 0 heterocycles. The van der Waals surface area contributed by atoms with Crippen molar-refractivity contribution in [1.82, 2.24) is 10.2 Å². The van der Waals surface area contributed by atoms with Gasteiger partial charge in [-0.05, 0) is 17.7 Å². The molecule has 0 fully saturated rings. The van der Waals surface area contributed by atoms with E-state index < -0.39 is 5.82 Å². The molecule has 100 valence electrons. The Morgan fingerprint density at radius 3 is 2.83 bits per heavy atom. The maximum Gasteiger partial charge on any atom is 0.317 e. The second-order valence-electron chi connectivity index (χ2n) is 3.80. The number of methoxy groups -OCH3 is 1. The number of nitrogens with one attached hydrogen (secondary N) is 1. The Kier molecular flexibility index (Phi) is 5.38. The molecule has 0 saturated heterocycles. The molecule has 0 aliphatic carbocycles. The molecule has 0 spiro atoms. The fraction of sp³-hybridized carbons (Fsp3) is 0.417. The number of ether oxygens (including phenoxy) is 1. The minimum atomic E-state index is -0.415. The highest BCUT2D eigenvalue weighted by molar-refractivity contribution is 5.73. The number of amides is 2. The third kappa shape index (κ3) is 4.21. The molecular formula is C12H17FN2O3. The number of likely N-dealkylation sites (N-methyl/N-ethyl adjacent to an activating group) is 1. The highest BCUT2D eigenvalue weighted by atomic mass is 19.1. The van der Waals surface area contributed by atoms with Gasteiger partial charge in [0, 0.05) is 26.2 Å². The van der Waals surface area contributed by atoms with Crippen LogP contribution in [0.3, 0.4) is 0 Å². The van der Waals surface area contributed by atoms with E-state index in [0.29, 0.717) is 11.3 Å². The van der Waals surface area contributed by atoms with Gasteiger partial charge in [0.25, 0.3) is 0 Å². The fourth-order valence-electron chi connectivity index (χ4n) is 1.40. The maximum absolute atomic E-state index is 13.2. The Balaban J connectivity index is 2.57. The number of halogens is 1. The SMILES string of the molecule is COc1cc(F)cc(CNC(=O)N(C)CCO)c1. The van der Waals surface area contributed by atoms with Crippen LogP contribution < -0.4 is 10.1 Å². The average Bonchev–Trinajstić information content (AvgIpc) is 2.35. The molecule has 18 heavy (non-hydrogen) atoms. The lowest BCUT2D eigenvalue weighted by Crippen LogP contribution is -2.38. The first kappa shape index (κ1) is 14.2. The smallest absolute Gasteiger partial charge is 0.317 e. The van der Waals surface area contributed by atoms with Gasteiger partial charge in [0.05, 0.1) is 13.7 Å². The van der Waals surface area contributed by atoms with E-state index in [1.54, 1.807) is 13.1 Å². The second kappa shape index (κ2) is 6.80. The van der Waals surface area contributed by atoms with E-state index in [-0.39, 0.29) is 25.7 Å². The van der Waals surface area contributed by atoms with Crippen molar-refractivity contribution in [1.29, 1.82) is 0 Å². The normalized spacial score (nSPS) is 10.0. The highest BCUT2D eigenvalue weighted by Crippen LogP contribution is 2.15. The maximum atomic E-state index is 13.2. The van der Waals surface area contributed by atoms with Gasteiger partial charge in [-0.1, -0.05) is 0 Å². The summed E-state index contributed by atoms with van der Waals surface area (Å²) in [4.78, 5) is 12.9. The number of hydrogen-bond acceptors (Lipinski definition) is 3. The van der Waals surface area contributed by atoms with Gasteiger partial charge in [0.2, 0.25) is 0 Å². The summed E-state index contributed by atoms with van der Waals surface area (Å²) in [5.41, 5.74) is 0.609. The highest BCUT2D eigenvalue weighted by Gasteiger charge is 2.08. The minimum Gasteiger partial charge on any atom is -0.497 e. The number of aliphatic hydroxyl groups excluding tert-OH is 1. The molecule has 1 aromatic carbocycles. The van der Waals surface area contributed by atoms with Crippen molar-refractivity contribution in [2.45, 2.75) is 6.54 Å². The molecule has 6 heteroatoms. The first-order chi connectivity index (χ1) is 8.56. The number of rotatable bonds is 5. The molecule has 0 radical (unpaired) electrons. The summed E-state index contributed by atoms with van der Waals surface area (Å²) in [7, 11) is 3.02. The van der Waals surface area contributed by atoms with E-state index in [9.17, 15) is 9.18 Å². The summed E-state index contributed by atoms with van der Waals surface area (Å²) in [6, 6.07) is 3.92. The largest absolute Gasteiger partial charge is 0.497 e. The molecular weight excluding hydrogens is 239 g/mol. The summed E-state index contributed by atoms with van der Waals surface area (Å²) in [5.74, 6) is -0.00901. The van der Waals surface area contributed by atoms with Crippen molar-refractivity contribution in [3.63, 3.8) is 0 Å². The topological polar surface area (TPSA) is 61.8 Å². The van der Waals surface area contributed by atoms with Crippen molar-refractivity contribution in [2.24, 2.45) is 0 Å². The lowest BCUT2D eigenvalue weighted by atomic mass is 10.2. The molecule has 2 N–H and O–H groups in total. The Morgan fingerprint density at radius 2 is 2.22 bits per heavy atom. The van der Waals surface area contributed by atoms with E-state index in [2.05, 4.69) is 5.32 Å². The Hall–Kier alpha value is -1.82. The first-order valence-electron chi connectivity index (χ1n) is 5.50. The van der Waals surface area contributed by atoms with Gasteiger partial charge in [-0.15, -0.1) is 0 Å². The molecule has 0 bridgehead atoms. The van der Waals surface area contributed by atoms with E-state index in [4.69, 9.17) is 9.84 Å². The van der Waals surface area contributed by atoms with Gasteiger partial charge in [0.1, 0.15) is 11.6 Å². The zero-order valence-corrected chi connectivity index (χ0v) is 10.4. The van der Waals surface area contributed by atoms with Gasteiger partial charge >= 0.3 is 6.03 Å². The van der Waals surface area contributed by atoms with Gasteiger partial charge in [-0.3, -0.25) is 0 Å². The Morgan fingerprint density at radius 1 is 1.50 bits per heavy atom.